The number of ether oxygens (including phenoxy) is 1. The molecule has 0 saturated heterocycles. The highest BCUT2D eigenvalue weighted by Crippen LogP contribution is 2.31. The number of halogens is 1. The Bertz CT molecular complexity index is 378. The summed E-state index contributed by atoms with van der Waals surface area (Å²) < 4.78 is 4.84. The van der Waals surface area contributed by atoms with Crippen LogP contribution in [0.25, 0.3) is 0 Å². The van der Waals surface area contributed by atoms with Crippen LogP contribution in [0.1, 0.15) is 32.4 Å². The van der Waals surface area contributed by atoms with Crippen molar-refractivity contribution in [2.45, 2.75) is 32.1 Å². The standard InChI is InChI=1S/C11H15ClN2O2/c1-4-11(5-2,10(15)16-3)8-6-13-7-9(12)14-8/h6-7H,4-5H2,1-3H3. The van der Waals surface area contributed by atoms with Crippen molar-refractivity contribution in [3.63, 3.8) is 0 Å². The molecule has 0 saturated carbocycles. The summed E-state index contributed by atoms with van der Waals surface area (Å²) >= 11 is 5.79. The average Bonchev–Trinajstić information content (AvgIpc) is 2.31. The molecule has 1 rings (SSSR count). The number of methoxy groups -OCH3 is 1. The molecule has 0 unspecified atom stereocenters. The summed E-state index contributed by atoms with van der Waals surface area (Å²) in [6, 6.07) is 0. The third-order valence-corrected chi connectivity index (χ3v) is 3.06. The smallest absolute Gasteiger partial charge is 0.317 e. The van der Waals surface area contributed by atoms with Gasteiger partial charge in [-0.2, -0.15) is 0 Å². The van der Waals surface area contributed by atoms with Crippen LogP contribution in [0.2, 0.25) is 5.15 Å². The summed E-state index contributed by atoms with van der Waals surface area (Å²) in [6.07, 6.45) is 4.21. The third-order valence-electron chi connectivity index (χ3n) is 2.88. The number of esters is 1. The molecule has 16 heavy (non-hydrogen) atoms. The summed E-state index contributed by atoms with van der Waals surface area (Å²) in [4.78, 5) is 20.0. The van der Waals surface area contributed by atoms with Crippen molar-refractivity contribution in [1.29, 1.82) is 0 Å². The second-order valence-electron chi connectivity index (χ2n) is 3.51. The highest BCUT2D eigenvalue weighted by molar-refractivity contribution is 6.29. The van der Waals surface area contributed by atoms with Crippen molar-refractivity contribution in [1.82, 2.24) is 9.97 Å². The van der Waals surface area contributed by atoms with Gasteiger partial charge < -0.3 is 4.74 Å². The van der Waals surface area contributed by atoms with Crippen LogP contribution in [-0.2, 0) is 14.9 Å². The molecule has 0 spiro atoms. The van der Waals surface area contributed by atoms with Crippen LogP contribution in [0.5, 0.6) is 0 Å². The molecule has 0 amide bonds. The number of hydrogen-bond donors (Lipinski definition) is 0. The van der Waals surface area contributed by atoms with Gasteiger partial charge in [-0.15, -0.1) is 0 Å². The van der Waals surface area contributed by atoms with E-state index in [0.717, 1.165) is 0 Å². The first-order valence-corrected chi connectivity index (χ1v) is 5.55. The minimum atomic E-state index is -0.743. The molecule has 0 fully saturated rings. The molecule has 0 aromatic carbocycles. The minimum absolute atomic E-state index is 0.285. The second-order valence-corrected chi connectivity index (χ2v) is 3.90. The number of aromatic nitrogens is 2. The van der Waals surface area contributed by atoms with Gasteiger partial charge in [0.2, 0.25) is 0 Å². The molecule has 1 aromatic rings. The monoisotopic (exact) mass is 242 g/mol. The minimum Gasteiger partial charge on any atom is -0.468 e. The van der Waals surface area contributed by atoms with Gasteiger partial charge in [0.1, 0.15) is 10.6 Å². The van der Waals surface area contributed by atoms with E-state index < -0.39 is 5.41 Å². The van der Waals surface area contributed by atoms with E-state index in [1.165, 1.54) is 13.3 Å². The summed E-state index contributed by atoms with van der Waals surface area (Å²) in [5.41, 5.74) is -0.177. The van der Waals surface area contributed by atoms with Crippen molar-refractivity contribution in [3.05, 3.63) is 23.2 Å². The molecule has 1 aromatic heterocycles. The van der Waals surface area contributed by atoms with Crippen molar-refractivity contribution in [3.8, 4) is 0 Å². The van der Waals surface area contributed by atoms with E-state index >= 15 is 0 Å². The Morgan fingerprint density at radius 3 is 2.50 bits per heavy atom. The van der Waals surface area contributed by atoms with Crippen LogP contribution in [0, 0.1) is 0 Å². The van der Waals surface area contributed by atoms with Gasteiger partial charge in [0.15, 0.2) is 0 Å². The van der Waals surface area contributed by atoms with Crippen molar-refractivity contribution >= 4 is 17.6 Å². The van der Waals surface area contributed by atoms with Gasteiger partial charge >= 0.3 is 5.97 Å². The maximum Gasteiger partial charge on any atom is 0.317 e. The Morgan fingerprint density at radius 1 is 1.44 bits per heavy atom. The topological polar surface area (TPSA) is 52.1 Å². The van der Waals surface area contributed by atoms with Crippen molar-refractivity contribution in [2.24, 2.45) is 0 Å². The number of rotatable bonds is 4. The molecule has 5 heteroatoms. The van der Waals surface area contributed by atoms with E-state index in [9.17, 15) is 4.79 Å². The lowest BCUT2D eigenvalue weighted by Gasteiger charge is -2.27. The molecule has 0 aliphatic rings. The molecule has 0 aliphatic heterocycles. The van der Waals surface area contributed by atoms with Crippen LogP contribution in [0.4, 0.5) is 0 Å². The molecule has 0 atom stereocenters. The van der Waals surface area contributed by atoms with Gasteiger partial charge in [-0.1, -0.05) is 25.4 Å². The Hall–Kier alpha value is -1.16. The van der Waals surface area contributed by atoms with E-state index in [1.807, 2.05) is 13.8 Å². The number of carbonyl (C=O) groups is 1. The third kappa shape index (κ3) is 2.16. The van der Waals surface area contributed by atoms with Crippen LogP contribution >= 0.6 is 11.6 Å². The molecule has 4 nitrogen and oxygen atoms in total. The first-order chi connectivity index (χ1) is 7.60. The van der Waals surface area contributed by atoms with E-state index in [1.54, 1.807) is 6.20 Å². The Morgan fingerprint density at radius 2 is 2.06 bits per heavy atom. The maximum atomic E-state index is 11.9. The SMILES string of the molecule is CCC(CC)(C(=O)OC)c1cncc(Cl)n1. The van der Waals surface area contributed by atoms with Gasteiger partial charge in [-0.05, 0) is 12.8 Å². The summed E-state index contributed by atoms with van der Waals surface area (Å²) in [5.74, 6) is -0.297. The predicted octanol–water partition coefficient (Wildman–Crippen LogP) is 2.36. The molecule has 0 radical (unpaired) electrons. The first-order valence-electron chi connectivity index (χ1n) is 5.17. The molecule has 0 aliphatic carbocycles. The largest absolute Gasteiger partial charge is 0.468 e. The Balaban J connectivity index is 3.25. The summed E-state index contributed by atoms with van der Waals surface area (Å²) in [5, 5.41) is 0.285. The Kier molecular flexibility index (Phi) is 4.24. The zero-order chi connectivity index (χ0) is 12.2. The molecular weight excluding hydrogens is 228 g/mol. The zero-order valence-corrected chi connectivity index (χ0v) is 10.4. The highest BCUT2D eigenvalue weighted by atomic mass is 35.5. The van der Waals surface area contributed by atoms with E-state index in [4.69, 9.17) is 16.3 Å². The lowest BCUT2D eigenvalue weighted by molar-refractivity contribution is -0.148. The van der Waals surface area contributed by atoms with Crippen LogP contribution in [0.15, 0.2) is 12.4 Å². The van der Waals surface area contributed by atoms with Gasteiger partial charge in [0.05, 0.1) is 19.0 Å². The fourth-order valence-corrected chi connectivity index (χ4v) is 1.92. The van der Waals surface area contributed by atoms with Crippen LogP contribution in [-0.4, -0.2) is 23.0 Å². The van der Waals surface area contributed by atoms with E-state index in [-0.39, 0.29) is 11.1 Å². The predicted molar refractivity (Wildman–Crippen MR) is 61.3 cm³/mol. The average molecular weight is 243 g/mol. The zero-order valence-electron chi connectivity index (χ0n) is 9.66. The molecule has 0 N–H and O–H groups in total. The number of hydrogen-bond acceptors (Lipinski definition) is 4. The second kappa shape index (κ2) is 5.25. The van der Waals surface area contributed by atoms with Gasteiger partial charge in [0, 0.05) is 6.20 Å². The van der Waals surface area contributed by atoms with Gasteiger partial charge in [-0.25, -0.2) is 4.98 Å². The maximum absolute atomic E-state index is 11.9. The van der Waals surface area contributed by atoms with Gasteiger partial charge in [0.25, 0.3) is 0 Å². The van der Waals surface area contributed by atoms with Gasteiger partial charge in [-0.3, -0.25) is 9.78 Å². The summed E-state index contributed by atoms with van der Waals surface area (Å²) in [6.45, 7) is 3.84. The van der Waals surface area contributed by atoms with Crippen LogP contribution < -0.4 is 0 Å². The highest BCUT2D eigenvalue weighted by Gasteiger charge is 2.39. The lowest BCUT2D eigenvalue weighted by Crippen LogP contribution is -2.36. The quantitative estimate of drug-likeness (QED) is 0.761. The van der Waals surface area contributed by atoms with E-state index in [0.29, 0.717) is 18.5 Å². The van der Waals surface area contributed by atoms with E-state index in [2.05, 4.69) is 9.97 Å². The number of carbonyl (C=O) groups excluding carboxylic acids is 1. The summed E-state index contributed by atoms with van der Waals surface area (Å²) in [7, 11) is 1.38. The lowest BCUT2D eigenvalue weighted by atomic mass is 9.79. The van der Waals surface area contributed by atoms with Crippen molar-refractivity contribution < 1.29 is 9.53 Å². The number of nitrogens with zero attached hydrogens (tertiary/aromatic N) is 2. The first kappa shape index (κ1) is 12.9. The normalized spacial score (nSPS) is 11.2. The molecule has 0 bridgehead atoms. The fraction of sp³-hybridized carbons (Fsp3) is 0.545. The van der Waals surface area contributed by atoms with Crippen LogP contribution in [0.3, 0.4) is 0 Å². The fourth-order valence-electron chi connectivity index (χ4n) is 1.77. The van der Waals surface area contributed by atoms with Crippen molar-refractivity contribution in [2.75, 3.05) is 7.11 Å². The molecule has 1 heterocycles. The molecular formula is C11H15ClN2O2. The Labute approximate surface area is 100 Å². The molecule has 88 valence electrons.